The van der Waals surface area contributed by atoms with Crippen LogP contribution in [0.1, 0.15) is 5.56 Å². The van der Waals surface area contributed by atoms with Crippen molar-refractivity contribution in [2.75, 3.05) is 0 Å². The largest absolute Gasteiger partial charge is 0.455 e. The minimum absolute atomic E-state index is 0.926. The molecular formula is C33H22O. The molecule has 7 rings (SSSR count). The summed E-state index contributed by atoms with van der Waals surface area (Å²) in [6.07, 6.45) is 0. The van der Waals surface area contributed by atoms with E-state index in [1.54, 1.807) is 0 Å². The lowest BCUT2D eigenvalue weighted by atomic mass is 9.85. The summed E-state index contributed by atoms with van der Waals surface area (Å²) in [5.41, 5.74) is 8.03. The van der Waals surface area contributed by atoms with Crippen LogP contribution in [0.25, 0.3) is 65.7 Å². The van der Waals surface area contributed by atoms with Gasteiger partial charge in [-0.2, -0.15) is 0 Å². The van der Waals surface area contributed by atoms with Gasteiger partial charge in [0, 0.05) is 21.9 Å². The maximum Gasteiger partial charge on any atom is 0.143 e. The number of hydrogen-bond acceptors (Lipinski definition) is 1. The number of fused-ring (bicyclic) bond motifs is 5. The third-order valence-corrected chi connectivity index (χ3v) is 6.95. The highest BCUT2D eigenvalue weighted by atomic mass is 16.3. The molecule has 0 fully saturated rings. The smallest absolute Gasteiger partial charge is 0.143 e. The molecule has 6 aromatic carbocycles. The quantitative estimate of drug-likeness (QED) is 0.247. The number of para-hydroxylation sites is 2. The van der Waals surface area contributed by atoms with Crippen LogP contribution in [-0.4, -0.2) is 0 Å². The van der Waals surface area contributed by atoms with Crippen LogP contribution in [0.3, 0.4) is 0 Å². The van der Waals surface area contributed by atoms with E-state index in [0.29, 0.717) is 0 Å². The molecule has 34 heavy (non-hydrogen) atoms. The van der Waals surface area contributed by atoms with Gasteiger partial charge in [0.15, 0.2) is 0 Å². The highest BCUT2D eigenvalue weighted by Gasteiger charge is 2.19. The fourth-order valence-corrected chi connectivity index (χ4v) is 5.39. The van der Waals surface area contributed by atoms with Crippen LogP contribution in [0, 0.1) is 6.92 Å². The molecule has 0 saturated heterocycles. The highest BCUT2D eigenvalue weighted by Crippen LogP contribution is 2.46. The van der Waals surface area contributed by atoms with Crippen LogP contribution in [-0.2, 0) is 0 Å². The van der Waals surface area contributed by atoms with Crippen molar-refractivity contribution < 1.29 is 4.42 Å². The topological polar surface area (TPSA) is 13.1 Å². The molecule has 0 N–H and O–H groups in total. The Balaban J connectivity index is 1.67. The van der Waals surface area contributed by atoms with Crippen molar-refractivity contribution in [2.24, 2.45) is 0 Å². The van der Waals surface area contributed by atoms with Gasteiger partial charge < -0.3 is 4.42 Å². The Labute approximate surface area is 197 Å². The molecule has 0 radical (unpaired) electrons. The van der Waals surface area contributed by atoms with E-state index in [9.17, 15) is 0 Å². The molecule has 1 nitrogen and oxygen atoms in total. The van der Waals surface area contributed by atoms with Gasteiger partial charge in [0.25, 0.3) is 0 Å². The van der Waals surface area contributed by atoms with Gasteiger partial charge in [0.1, 0.15) is 11.2 Å². The Morgan fingerprint density at radius 3 is 1.62 bits per heavy atom. The molecule has 0 amide bonds. The lowest BCUT2D eigenvalue weighted by molar-refractivity contribution is 0.670. The summed E-state index contributed by atoms with van der Waals surface area (Å²) < 4.78 is 6.46. The van der Waals surface area contributed by atoms with E-state index in [4.69, 9.17) is 4.42 Å². The Bertz CT molecular complexity index is 1800. The Morgan fingerprint density at radius 1 is 0.441 bits per heavy atom. The monoisotopic (exact) mass is 434 g/mol. The van der Waals surface area contributed by atoms with Gasteiger partial charge in [0.2, 0.25) is 0 Å². The molecule has 1 heteroatoms. The fourth-order valence-electron chi connectivity index (χ4n) is 5.39. The second-order valence-corrected chi connectivity index (χ2v) is 8.99. The predicted octanol–water partition coefficient (Wildman–Crippen LogP) is 9.53. The highest BCUT2D eigenvalue weighted by molar-refractivity contribution is 6.24. The van der Waals surface area contributed by atoms with E-state index in [-0.39, 0.29) is 0 Å². The summed E-state index contributed by atoms with van der Waals surface area (Å²) in [5, 5.41) is 7.31. The summed E-state index contributed by atoms with van der Waals surface area (Å²) in [6, 6.07) is 41.2. The van der Waals surface area contributed by atoms with Crippen LogP contribution >= 0.6 is 0 Å². The van der Waals surface area contributed by atoms with Crippen molar-refractivity contribution >= 4 is 43.5 Å². The normalized spacial score (nSPS) is 11.7. The number of benzene rings is 6. The maximum absolute atomic E-state index is 6.46. The van der Waals surface area contributed by atoms with Crippen LogP contribution in [0.15, 0.2) is 120 Å². The van der Waals surface area contributed by atoms with Crippen molar-refractivity contribution in [1.82, 2.24) is 0 Å². The molecule has 0 saturated carbocycles. The number of furan rings is 1. The molecule has 0 aliphatic rings. The lowest BCUT2D eigenvalue weighted by Gasteiger charge is -2.18. The first-order chi connectivity index (χ1) is 16.8. The Kier molecular flexibility index (Phi) is 4.13. The Hall–Kier alpha value is -4.36. The van der Waals surface area contributed by atoms with E-state index >= 15 is 0 Å². The summed E-state index contributed by atoms with van der Waals surface area (Å²) in [6.45, 7) is 2.14. The first kappa shape index (κ1) is 19.1. The van der Waals surface area contributed by atoms with E-state index < -0.39 is 0 Å². The molecule has 0 unspecified atom stereocenters. The lowest BCUT2D eigenvalue weighted by Crippen LogP contribution is -1.91. The SMILES string of the molecule is Cc1ccc(-c2c3ccccc3c(-c3cccc4c3oc3ccccc34)c3ccccc23)cc1. The van der Waals surface area contributed by atoms with E-state index in [0.717, 1.165) is 27.5 Å². The van der Waals surface area contributed by atoms with Gasteiger partial charge in [-0.3, -0.25) is 0 Å². The third kappa shape index (κ3) is 2.74. The van der Waals surface area contributed by atoms with Crippen LogP contribution in [0.5, 0.6) is 0 Å². The average molecular weight is 435 g/mol. The molecule has 0 aliphatic heterocycles. The van der Waals surface area contributed by atoms with Gasteiger partial charge in [-0.15, -0.1) is 0 Å². The maximum atomic E-state index is 6.46. The minimum Gasteiger partial charge on any atom is -0.455 e. The minimum atomic E-state index is 0.926. The van der Waals surface area contributed by atoms with Gasteiger partial charge in [-0.25, -0.2) is 0 Å². The van der Waals surface area contributed by atoms with Crippen LogP contribution in [0.2, 0.25) is 0 Å². The van der Waals surface area contributed by atoms with Gasteiger partial charge >= 0.3 is 0 Å². The van der Waals surface area contributed by atoms with Crippen molar-refractivity contribution in [2.45, 2.75) is 6.92 Å². The molecule has 7 aromatic rings. The molecule has 0 bridgehead atoms. The van der Waals surface area contributed by atoms with E-state index in [1.807, 2.05) is 6.07 Å². The molecule has 160 valence electrons. The van der Waals surface area contributed by atoms with Crippen molar-refractivity contribution in [3.63, 3.8) is 0 Å². The summed E-state index contributed by atoms with van der Waals surface area (Å²) in [5.74, 6) is 0. The second kappa shape index (κ2) is 7.33. The zero-order valence-electron chi connectivity index (χ0n) is 18.9. The van der Waals surface area contributed by atoms with Crippen molar-refractivity contribution in [3.8, 4) is 22.3 Å². The summed E-state index contributed by atoms with van der Waals surface area (Å²) >= 11 is 0. The van der Waals surface area contributed by atoms with Crippen molar-refractivity contribution in [1.29, 1.82) is 0 Å². The molecule has 0 atom stereocenters. The van der Waals surface area contributed by atoms with Crippen LogP contribution in [0.4, 0.5) is 0 Å². The summed E-state index contributed by atoms with van der Waals surface area (Å²) in [7, 11) is 0. The first-order valence-corrected chi connectivity index (χ1v) is 11.7. The zero-order chi connectivity index (χ0) is 22.6. The average Bonchev–Trinajstić information content (AvgIpc) is 3.27. The molecule has 0 spiro atoms. The molecule has 0 aliphatic carbocycles. The number of hydrogen-bond donors (Lipinski definition) is 0. The fraction of sp³-hybridized carbons (Fsp3) is 0.0303. The second-order valence-electron chi connectivity index (χ2n) is 8.99. The predicted molar refractivity (Wildman–Crippen MR) is 144 cm³/mol. The summed E-state index contributed by atoms with van der Waals surface area (Å²) in [4.78, 5) is 0. The van der Waals surface area contributed by atoms with Crippen molar-refractivity contribution in [3.05, 3.63) is 121 Å². The zero-order valence-corrected chi connectivity index (χ0v) is 18.9. The third-order valence-electron chi connectivity index (χ3n) is 6.95. The van der Waals surface area contributed by atoms with E-state index in [2.05, 4.69) is 116 Å². The van der Waals surface area contributed by atoms with Crippen LogP contribution < -0.4 is 0 Å². The standard InChI is InChI=1S/C33H22O/c1-21-17-19-22(20-18-21)31-24-10-2-4-12-26(24)32(27-13-5-3-11-25(27)31)29-15-8-14-28-23-9-6-7-16-30(23)34-33(28)29/h2-20H,1H3. The first-order valence-electron chi connectivity index (χ1n) is 11.7. The van der Waals surface area contributed by atoms with Gasteiger partial charge in [-0.05, 0) is 45.7 Å². The van der Waals surface area contributed by atoms with Gasteiger partial charge in [0.05, 0.1) is 0 Å². The Morgan fingerprint density at radius 2 is 0.971 bits per heavy atom. The molecule has 1 aromatic heterocycles. The number of aryl methyl sites for hydroxylation is 1. The molecule has 1 heterocycles. The van der Waals surface area contributed by atoms with Gasteiger partial charge in [-0.1, -0.05) is 115 Å². The number of rotatable bonds is 2. The molecular weight excluding hydrogens is 412 g/mol. The van der Waals surface area contributed by atoms with E-state index in [1.165, 1.54) is 43.8 Å².